The summed E-state index contributed by atoms with van der Waals surface area (Å²) in [4.78, 5) is 37.8. The Balaban J connectivity index is 4.17. The summed E-state index contributed by atoms with van der Waals surface area (Å²) in [6.07, 6.45) is 59.5. The van der Waals surface area contributed by atoms with Crippen molar-refractivity contribution in [3.8, 4) is 0 Å². The second-order valence-corrected chi connectivity index (χ2v) is 22.4. The van der Waals surface area contributed by atoms with Gasteiger partial charge in [-0.15, -0.1) is 0 Å². The molecule has 0 aliphatic heterocycles. The van der Waals surface area contributed by atoms with Crippen molar-refractivity contribution in [3.05, 3.63) is 24.3 Å². The zero-order valence-corrected chi connectivity index (χ0v) is 46.5. The molecule has 0 saturated heterocycles. The van der Waals surface area contributed by atoms with E-state index in [0.29, 0.717) is 17.4 Å². The van der Waals surface area contributed by atoms with Crippen molar-refractivity contribution in [2.45, 2.75) is 290 Å². The largest absolute Gasteiger partial charge is 0.756 e. The third-order valence-corrected chi connectivity index (χ3v) is 13.9. The fourth-order valence-electron chi connectivity index (χ4n) is 8.42. The highest BCUT2D eigenvalue weighted by Gasteiger charge is 2.21. The third kappa shape index (κ3) is 53.8. The molecule has 0 rings (SSSR count). The second-order valence-electron chi connectivity index (χ2n) is 21.0. The van der Waals surface area contributed by atoms with Gasteiger partial charge in [-0.2, -0.15) is 0 Å². The van der Waals surface area contributed by atoms with Crippen LogP contribution >= 0.6 is 7.82 Å². The van der Waals surface area contributed by atoms with E-state index in [0.717, 1.165) is 32.1 Å². The molecule has 0 aromatic rings. The summed E-state index contributed by atoms with van der Waals surface area (Å²) in [7, 11) is 1.16. The van der Waals surface area contributed by atoms with Crippen molar-refractivity contribution in [2.75, 3.05) is 47.5 Å². The summed E-state index contributed by atoms with van der Waals surface area (Å²) in [5.41, 5.74) is 0. The van der Waals surface area contributed by atoms with Crippen LogP contribution in [-0.2, 0) is 32.7 Å². The highest BCUT2D eigenvalue weighted by molar-refractivity contribution is 7.45. The van der Waals surface area contributed by atoms with Gasteiger partial charge in [-0.25, -0.2) is 0 Å². The summed E-state index contributed by atoms with van der Waals surface area (Å²) >= 11 is 0. The number of quaternary nitrogens is 1. The van der Waals surface area contributed by atoms with Gasteiger partial charge >= 0.3 is 11.9 Å². The van der Waals surface area contributed by atoms with E-state index in [9.17, 15) is 19.0 Å². The van der Waals surface area contributed by atoms with Gasteiger partial charge in [0.15, 0.2) is 6.10 Å². The quantitative estimate of drug-likeness (QED) is 0.0195. The van der Waals surface area contributed by atoms with Gasteiger partial charge in [-0.1, -0.05) is 237 Å². The fraction of sp³-hybridized carbons (Fsp3) is 0.897. The molecule has 0 radical (unpaired) electrons. The lowest BCUT2D eigenvalue weighted by molar-refractivity contribution is -0.870. The van der Waals surface area contributed by atoms with Crippen LogP contribution in [0.3, 0.4) is 0 Å². The average molecular weight is 983 g/mol. The van der Waals surface area contributed by atoms with Crippen LogP contribution < -0.4 is 4.89 Å². The lowest BCUT2D eigenvalue weighted by Gasteiger charge is -2.28. The Bertz CT molecular complexity index is 1200. The van der Waals surface area contributed by atoms with Gasteiger partial charge in [0.2, 0.25) is 0 Å². The molecule has 2 atom stereocenters. The number of ether oxygens (including phenoxy) is 2. The zero-order chi connectivity index (χ0) is 49.9. The molecule has 0 saturated carbocycles. The molecular formula is C58H112NO8P. The molecule has 1 unspecified atom stereocenters. The summed E-state index contributed by atoms with van der Waals surface area (Å²) < 4.78 is 34.1. The van der Waals surface area contributed by atoms with Crippen LogP contribution in [0.25, 0.3) is 0 Å². The number of nitrogens with zero attached hydrogens (tertiary/aromatic N) is 1. The van der Waals surface area contributed by atoms with Crippen molar-refractivity contribution < 1.29 is 42.1 Å². The molecule has 0 spiro atoms. The number of carbonyl (C=O) groups excluding carboxylic acids is 2. The summed E-state index contributed by atoms with van der Waals surface area (Å²) in [5.74, 6) is -0.858. The van der Waals surface area contributed by atoms with Crippen LogP contribution in [0.1, 0.15) is 284 Å². The minimum atomic E-state index is -4.64. The Morgan fingerprint density at radius 1 is 0.441 bits per heavy atom. The van der Waals surface area contributed by atoms with Crippen molar-refractivity contribution >= 4 is 19.8 Å². The Hall–Kier alpha value is -1.51. The van der Waals surface area contributed by atoms with E-state index in [-0.39, 0.29) is 32.0 Å². The molecular weight excluding hydrogens is 870 g/mol. The van der Waals surface area contributed by atoms with Crippen molar-refractivity contribution in [1.29, 1.82) is 0 Å². The maximum Gasteiger partial charge on any atom is 0.306 e. The molecule has 0 N–H and O–H groups in total. The van der Waals surface area contributed by atoms with Crippen LogP contribution in [0.2, 0.25) is 0 Å². The Morgan fingerprint density at radius 2 is 0.765 bits per heavy atom. The van der Waals surface area contributed by atoms with Gasteiger partial charge in [-0.3, -0.25) is 14.2 Å². The molecule has 0 aromatic carbocycles. The monoisotopic (exact) mass is 982 g/mol. The van der Waals surface area contributed by atoms with Crippen molar-refractivity contribution in [1.82, 2.24) is 0 Å². The summed E-state index contributed by atoms with van der Waals surface area (Å²) in [6, 6.07) is 0. The molecule has 0 aliphatic rings. The van der Waals surface area contributed by atoms with Crippen LogP contribution in [0.15, 0.2) is 24.3 Å². The number of rotatable bonds is 54. The Labute approximate surface area is 421 Å². The maximum atomic E-state index is 12.8. The van der Waals surface area contributed by atoms with Crippen LogP contribution in [-0.4, -0.2) is 70.0 Å². The average Bonchev–Trinajstić information content (AvgIpc) is 3.30. The second kappa shape index (κ2) is 50.4. The Morgan fingerprint density at radius 3 is 1.13 bits per heavy atom. The van der Waals surface area contributed by atoms with Gasteiger partial charge < -0.3 is 27.9 Å². The molecule has 0 aliphatic carbocycles. The predicted molar refractivity (Wildman–Crippen MR) is 287 cm³/mol. The molecule has 10 heteroatoms. The number of phosphoric ester groups is 1. The number of hydrogen-bond acceptors (Lipinski definition) is 8. The van der Waals surface area contributed by atoms with Gasteiger partial charge in [0.05, 0.1) is 27.7 Å². The van der Waals surface area contributed by atoms with Gasteiger partial charge in [-0.05, 0) is 57.8 Å². The standard InChI is InChI=1S/C58H112NO8P/c1-6-8-10-12-14-16-18-20-22-24-26-28-29-31-33-35-37-39-41-43-45-47-49-51-58(61)67-56(55-66-68(62,63)65-53-52-59(3,4)5)54-64-57(60)50-48-46-44-42-40-38-36-34-32-30-27-25-23-21-19-17-15-13-11-9-7-2/h21,23,43,45,56H,6-20,22,24-42,44,46-55H2,1-5H3/b23-21+,45-43+/t56-/m1/s1. The van der Waals surface area contributed by atoms with Crippen molar-refractivity contribution in [2.24, 2.45) is 0 Å². The van der Waals surface area contributed by atoms with Crippen molar-refractivity contribution in [3.63, 3.8) is 0 Å². The predicted octanol–water partition coefficient (Wildman–Crippen LogP) is 17.2. The molecule has 0 aromatic heterocycles. The first-order valence-electron chi connectivity index (χ1n) is 29.0. The lowest BCUT2D eigenvalue weighted by atomic mass is 10.0. The van der Waals surface area contributed by atoms with E-state index >= 15 is 0 Å². The van der Waals surface area contributed by atoms with E-state index in [2.05, 4.69) is 38.2 Å². The molecule has 0 heterocycles. The number of hydrogen-bond donors (Lipinski definition) is 0. The first-order valence-corrected chi connectivity index (χ1v) is 30.5. The normalized spacial score (nSPS) is 13.4. The molecule has 68 heavy (non-hydrogen) atoms. The Kier molecular flexibility index (Phi) is 49.3. The highest BCUT2D eigenvalue weighted by atomic mass is 31.2. The van der Waals surface area contributed by atoms with Gasteiger partial charge in [0.1, 0.15) is 19.8 Å². The minimum Gasteiger partial charge on any atom is -0.756 e. The molecule has 402 valence electrons. The van der Waals surface area contributed by atoms with Crippen LogP contribution in [0.4, 0.5) is 0 Å². The first-order chi connectivity index (χ1) is 33.0. The molecule has 9 nitrogen and oxygen atoms in total. The number of likely N-dealkylation sites (N-methyl/N-ethyl adjacent to an activating group) is 1. The third-order valence-electron chi connectivity index (χ3n) is 12.9. The summed E-state index contributed by atoms with van der Waals surface area (Å²) in [6.45, 7) is 4.25. The number of unbranched alkanes of at least 4 members (excludes halogenated alkanes) is 36. The number of esters is 2. The van der Waals surface area contributed by atoms with Gasteiger partial charge in [0, 0.05) is 12.8 Å². The number of phosphoric acid groups is 1. The van der Waals surface area contributed by atoms with E-state index in [4.69, 9.17) is 18.5 Å². The van der Waals surface area contributed by atoms with Crippen LogP contribution in [0, 0.1) is 0 Å². The van der Waals surface area contributed by atoms with E-state index in [1.807, 2.05) is 21.1 Å². The lowest BCUT2D eigenvalue weighted by Crippen LogP contribution is -2.37. The van der Waals surface area contributed by atoms with E-state index in [1.165, 1.54) is 218 Å². The summed E-state index contributed by atoms with van der Waals surface area (Å²) in [5, 5.41) is 0. The van der Waals surface area contributed by atoms with E-state index in [1.54, 1.807) is 0 Å². The topological polar surface area (TPSA) is 111 Å². The first kappa shape index (κ1) is 66.5. The van der Waals surface area contributed by atoms with Gasteiger partial charge in [0.25, 0.3) is 7.82 Å². The fourth-order valence-corrected chi connectivity index (χ4v) is 9.15. The molecule has 0 fully saturated rings. The SMILES string of the molecule is CCCCCCCC/C=C/CCCCCCCCCCCCCC(=O)OC[C@H](COP(=O)([O-])OCC[N+](C)(C)C)OC(=O)CCC/C=C/CCCCCCCCCCCCCCCCCCCC. The van der Waals surface area contributed by atoms with E-state index < -0.39 is 26.5 Å². The molecule has 0 bridgehead atoms. The van der Waals surface area contributed by atoms with Crippen LogP contribution in [0.5, 0.6) is 0 Å². The maximum absolute atomic E-state index is 12.8. The minimum absolute atomic E-state index is 0.0333. The smallest absolute Gasteiger partial charge is 0.306 e. The zero-order valence-electron chi connectivity index (χ0n) is 45.6. The number of allylic oxidation sites excluding steroid dienone is 4. The highest BCUT2D eigenvalue weighted by Crippen LogP contribution is 2.38. The molecule has 0 amide bonds. The number of carbonyl (C=O) groups is 2.